The van der Waals surface area contributed by atoms with E-state index in [1.807, 2.05) is 0 Å². The first-order valence-corrected chi connectivity index (χ1v) is 7.46. The van der Waals surface area contributed by atoms with Crippen molar-refractivity contribution in [2.45, 2.75) is 38.5 Å². The maximum atomic E-state index is 13.0. The summed E-state index contributed by atoms with van der Waals surface area (Å²) in [5.41, 5.74) is -0.316. The molecule has 2 rings (SSSR count). The van der Waals surface area contributed by atoms with Gasteiger partial charge in [-0.15, -0.1) is 0 Å². The van der Waals surface area contributed by atoms with Crippen LogP contribution in [0.1, 0.15) is 34.7 Å². The largest absolute Gasteiger partial charge is 0.416 e. The summed E-state index contributed by atoms with van der Waals surface area (Å²) in [6, 6.07) is 8.98. The van der Waals surface area contributed by atoms with Crippen molar-refractivity contribution in [2.75, 3.05) is 0 Å². The number of rotatable bonds is 4. The van der Waals surface area contributed by atoms with Crippen LogP contribution < -0.4 is 0 Å². The van der Waals surface area contributed by atoms with Crippen LogP contribution >= 0.6 is 0 Å². The van der Waals surface area contributed by atoms with Gasteiger partial charge in [0.05, 0.1) is 11.1 Å². The van der Waals surface area contributed by atoms with Crippen LogP contribution in [0.4, 0.5) is 26.3 Å². The average molecular weight is 346 g/mol. The molecule has 0 N–H and O–H groups in total. The van der Waals surface area contributed by atoms with E-state index in [4.69, 9.17) is 0 Å². The molecule has 0 bridgehead atoms. The quantitative estimate of drug-likeness (QED) is 0.589. The molecule has 130 valence electrons. The third kappa shape index (κ3) is 4.52. The normalized spacial score (nSPS) is 12.5. The Kier molecular flexibility index (Phi) is 5.26. The topological polar surface area (TPSA) is 0 Å². The van der Waals surface area contributed by atoms with Gasteiger partial charge in [0, 0.05) is 0 Å². The van der Waals surface area contributed by atoms with E-state index < -0.39 is 23.5 Å². The molecule has 0 fully saturated rings. The van der Waals surface area contributed by atoms with Crippen molar-refractivity contribution >= 4 is 0 Å². The van der Waals surface area contributed by atoms with Crippen molar-refractivity contribution in [1.82, 2.24) is 0 Å². The van der Waals surface area contributed by atoms with E-state index in [0.717, 1.165) is 18.2 Å². The van der Waals surface area contributed by atoms with Crippen LogP contribution in [0, 0.1) is 0 Å². The third-order valence-corrected chi connectivity index (χ3v) is 3.82. The zero-order valence-electron chi connectivity index (χ0n) is 12.9. The summed E-state index contributed by atoms with van der Waals surface area (Å²) >= 11 is 0. The number of aryl methyl sites for hydroxylation is 3. The molecule has 2 aromatic carbocycles. The van der Waals surface area contributed by atoms with Gasteiger partial charge in [0.2, 0.25) is 0 Å². The first kappa shape index (κ1) is 18.4. The summed E-state index contributed by atoms with van der Waals surface area (Å²) in [6.45, 7) is 1.65. The summed E-state index contributed by atoms with van der Waals surface area (Å²) in [4.78, 5) is 0. The van der Waals surface area contributed by atoms with E-state index in [2.05, 4.69) is 0 Å². The van der Waals surface area contributed by atoms with Crippen molar-refractivity contribution in [3.63, 3.8) is 0 Å². The van der Waals surface area contributed by atoms with Gasteiger partial charge >= 0.3 is 12.4 Å². The molecule has 0 saturated carbocycles. The maximum absolute atomic E-state index is 13.0. The molecule has 2 aromatic rings. The van der Waals surface area contributed by atoms with Crippen LogP contribution in [0.2, 0.25) is 0 Å². The van der Waals surface area contributed by atoms with E-state index >= 15 is 0 Å². The molecule has 0 spiro atoms. The monoisotopic (exact) mass is 346 g/mol. The number of alkyl halides is 6. The predicted molar refractivity (Wildman–Crippen MR) is 79.7 cm³/mol. The standard InChI is InChI=1S/C18H16F6/c1-2-14-9-8-13(11-16(14)18(22,23)24)7-6-12-4-3-5-15(10-12)17(19,20)21/h3-5,8-11H,2,6-7H2,1H3. The zero-order chi connectivity index (χ0) is 18.0. The second-order valence-corrected chi connectivity index (χ2v) is 5.54. The third-order valence-electron chi connectivity index (χ3n) is 3.82. The molecule has 0 atom stereocenters. The van der Waals surface area contributed by atoms with Crippen LogP contribution in [0.3, 0.4) is 0 Å². The summed E-state index contributed by atoms with van der Waals surface area (Å²) in [5.74, 6) is 0. The minimum Gasteiger partial charge on any atom is -0.166 e. The molecule has 0 nitrogen and oxygen atoms in total. The summed E-state index contributed by atoms with van der Waals surface area (Å²) in [5, 5.41) is 0. The van der Waals surface area contributed by atoms with E-state index in [9.17, 15) is 26.3 Å². The van der Waals surface area contributed by atoms with E-state index in [0.29, 0.717) is 11.1 Å². The smallest absolute Gasteiger partial charge is 0.166 e. The van der Waals surface area contributed by atoms with Crippen LogP contribution in [-0.4, -0.2) is 0 Å². The van der Waals surface area contributed by atoms with E-state index in [1.165, 1.54) is 12.1 Å². The maximum Gasteiger partial charge on any atom is 0.416 e. The molecule has 6 heteroatoms. The minimum atomic E-state index is -4.43. The second-order valence-electron chi connectivity index (χ2n) is 5.54. The highest BCUT2D eigenvalue weighted by molar-refractivity contribution is 5.35. The highest BCUT2D eigenvalue weighted by Gasteiger charge is 2.33. The Labute approximate surface area is 136 Å². The van der Waals surface area contributed by atoms with Gasteiger partial charge in [0.15, 0.2) is 0 Å². The summed E-state index contributed by atoms with van der Waals surface area (Å²) in [6.07, 6.45) is -8.11. The Hall–Kier alpha value is -1.98. The lowest BCUT2D eigenvalue weighted by molar-refractivity contribution is -0.138. The number of hydrogen-bond acceptors (Lipinski definition) is 0. The van der Waals surface area contributed by atoms with Gasteiger partial charge in [-0.25, -0.2) is 0 Å². The molecule has 0 heterocycles. The Balaban J connectivity index is 2.18. The molecule has 0 aromatic heterocycles. The minimum absolute atomic E-state index is 0.213. The Morgan fingerprint density at radius 1 is 0.750 bits per heavy atom. The van der Waals surface area contributed by atoms with Crippen LogP contribution in [0.25, 0.3) is 0 Å². The fourth-order valence-corrected chi connectivity index (χ4v) is 2.54. The molecular formula is C18H16F6. The fourth-order valence-electron chi connectivity index (χ4n) is 2.54. The van der Waals surface area contributed by atoms with Crippen LogP contribution in [-0.2, 0) is 31.6 Å². The van der Waals surface area contributed by atoms with E-state index in [1.54, 1.807) is 19.1 Å². The van der Waals surface area contributed by atoms with E-state index in [-0.39, 0.29) is 24.8 Å². The molecule has 0 aliphatic rings. The van der Waals surface area contributed by atoms with Crippen molar-refractivity contribution < 1.29 is 26.3 Å². The zero-order valence-corrected chi connectivity index (χ0v) is 12.9. The van der Waals surface area contributed by atoms with Crippen LogP contribution in [0.5, 0.6) is 0 Å². The molecule has 24 heavy (non-hydrogen) atoms. The van der Waals surface area contributed by atoms with Gasteiger partial charge in [-0.2, -0.15) is 26.3 Å². The SMILES string of the molecule is CCc1ccc(CCc2cccc(C(F)(F)F)c2)cc1C(F)(F)F. The molecule has 0 aliphatic carbocycles. The van der Waals surface area contributed by atoms with Crippen molar-refractivity contribution in [3.8, 4) is 0 Å². The Morgan fingerprint density at radius 2 is 1.38 bits per heavy atom. The average Bonchev–Trinajstić information content (AvgIpc) is 2.51. The number of benzene rings is 2. The van der Waals surface area contributed by atoms with Crippen LogP contribution in [0.15, 0.2) is 42.5 Å². The molecule has 0 radical (unpaired) electrons. The Bertz CT molecular complexity index is 697. The lowest BCUT2D eigenvalue weighted by Crippen LogP contribution is -2.10. The second kappa shape index (κ2) is 6.87. The first-order chi connectivity index (χ1) is 11.1. The fraction of sp³-hybridized carbons (Fsp3) is 0.333. The van der Waals surface area contributed by atoms with Gasteiger partial charge in [-0.05, 0) is 48.1 Å². The summed E-state index contributed by atoms with van der Waals surface area (Å²) < 4.78 is 77.1. The van der Waals surface area contributed by atoms with Crippen molar-refractivity contribution in [1.29, 1.82) is 0 Å². The molecule has 0 saturated heterocycles. The first-order valence-electron chi connectivity index (χ1n) is 7.46. The predicted octanol–water partition coefficient (Wildman–Crippen LogP) is 6.07. The Morgan fingerprint density at radius 3 is 1.92 bits per heavy atom. The van der Waals surface area contributed by atoms with Gasteiger partial charge in [-0.3, -0.25) is 0 Å². The number of hydrogen-bond donors (Lipinski definition) is 0. The molecular weight excluding hydrogens is 330 g/mol. The molecule has 0 unspecified atom stereocenters. The summed E-state index contributed by atoms with van der Waals surface area (Å²) in [7, 11) is 0. The van der Waals surface area contributed by atoms with Crippen molar-refractivity contribution in [3.05, 3.63) is 70.3 Å². The number of halogens is 6. The highest BCUT2D eigenvalue weighted by Crippen LogP contribution is 2.33. The molecule has 0 aliphatic heterocycles. The van der Waals surface area contributed by atoms with Gasteiger partial charge in [0.25, 0.3) is 0 Å². The lowest BCUT2D eigenvalue weighted by atomic mass is 9.97. The van der Waals surface area contributed by atoms with Gasteiger partial charge in [0.1, 0.15) is 0 Å². The molecule has 0 amide bonds. The van der Waals surface area contributed by atoms with Gasteiger partial charge in [-0.1, -0.05) is 37.3 Å². The highest BCUT2D eigenvalue weighted by atomic mass is 19.4. The van der Waals surface area contributed by atoms with Gasteiger partial charge < -0.3 is 0 Å². The lowest BCUT2D eigenvalue weighted by Gasteiger charge is -2.14. The van der Waals surface area contributed by atoms with Crippen molar-refractivity contribution in [2.24, 2.45) is 0 Å².